The van der Waals surface area contributed by atoms with E-state index in [1.807, 2.05) is 0 Å². The maximum absolute atomic E-state index is 5.88. The molecule has 3 nitrogen and oxygen atoms in total. The first-order valence-corrected chi connectivity index (χ1v) is 8.92. The molecule has 5 heteroatoms. The second kappa shape index (κ2) is 7.72. The molecule has 1 saturated heterocycles. The smallest absolute Gasteiger partial charge is 0.119 e. The fourth-order valence-corrected chi connectivity index (χ4v) is 4.12. The number of piperazine rings is 1. The third-order valence-corrected chi connectivity index (χ3v) is 5.27. The van der Waals surface area contributed by atoms with E-state index in [2.05, 4.69) is 48.3 Å². The molecule has 0 spiro atoms. The third kappa shape index (κ3) is 4.30. The average molecular weight is 373 g/mol. The Hall–Kier alpha value is -0.640. The van der Waals surface area contributed by atoms with Crippen molar-refractivity contribution in [2.45, 2.75) is 76.1 Å². The van der Waals surface area contributed by atoms with Gasteiger partial charge in [0.2, 0.25) is 0 Å². The van der Waals surface area contributed by atoms with Gasteiger partial charge in [0.1, 0.15) is 5.75 Å². The molecule has 4 rings (SSSR count). The summed E-state index contributed by atoms with van der Waals surface area (Å²) < 4.78 is 5.88. The zero-order valence-corrected chi connectivity index (χ0v) is 16.3. The molecule has 0 unspecified atom stereocenters. The molecule has 1 heterocycles. The number of hydrogen-bond donors (Lipinski definition) is 1. The van der Waals surface area contributed by atoms with Crippen molar-refractivity contribution in [3.05, 3.63) is 24.3 Å². The SMILES string of the molecule is CC1(C)CN(c2ccc(OC3CC3)cc2)[C@@H]2CCCC[C@@H]2N1.Cl.Cl. The summed E-state index contributed by atoms with van der Waals surface area (Å²) in [6.07, 6.45) is 8.28. The van der Waals surface area contributed by atoms with Crippen molar-refractivity contribution in [2.75, 3.05) is 11.4 Å². The molecule has 3 aliphatic rings. The van der Waals surface area contributed by atoms with Crippen molar-refractivity contribution >= 4 is 30.5 Å². The van der Waals surface area contributed by atoms with Gasteiger partial charge in [0.05, 0.1) is 6.10 Å². The number of hydrogen-bond acceptors (Lipinski definition) is 3. The van der Waals surface area contributed by atoms with Gasteiger partial charge in [-0.3, -0.25) is 0 Å². The van der Waals surface area contributed by atoms with Gasteiger partial charge in [0.25, 0.3) is 0 Å². The Morgan fingerprint density at radius 3 is 2.33 bits per heavy atom. The molecule has 1 aliphatic heterocycles. The van der Waals surface area contributed by atoms with Crippen LogP contribution in [0.1, 0.15) is 52.4 Å². The summed E-state index contributed by atoms with van der Waals surface area (Å²) in [6.45, 7) is 5.74. The maximum Gasteiger partial charge on any atom is 0.119 e. The maximum atomic E-state index is 5.88. The number of fused-ring (bicyclic) bond motifs is 1. The van der Waals surface area contributed by atoms with Crippen molar-refractivity contribution in [3.8, 4) is 5.75 Å². The van der Waals surface area contributed by atoms with E-state index in [1.165, 1.54) is 44.2 Å². The fraction of sp³-hybridized carbons (Fsp3) is 0.684. The fourth-order valence-electron chi connectivity index (χ4n) is 4.12. The van der Waals surface area contributed by atoms with Gasteiger partial charge in [-0.15, -0.1) is 24.8 Å². The van der Waals surface area contributed by atoms with Crippen LogP contribution in [0.25, 0.3) is 0 Å². The van der Waals surface area contributed by atoms with Crippen LogP contribution in [0.15, 0.2) is 24.3 Å². The Bertz CT molecular complexity index is 531. The lowest BCUT2D eigenvalue weighted by Crippen LogP contribution is -2.67. The molecule has 1 N–H and O–H groups in total. The number of nitrogens with zero attached hydrogens (tertiary/aromatic N) is 1. The number of anilines is 1. The molecule has 0 aromatic heterocycles. The molecular formula is C19H30Cl2N2O. The molecule has 1 aromatic rings. The molecule has 136 valence electrons. The van der Waals surface area contributed by atoms with Crippen LogP contribution in [-0.4, -0.2) is 30.3 Å². The third-order valence-electron chi connectivity index (χ3n) is 5.27. The molecule has 0 amide bonds. The summed E-state index contributed by atoms with van der Waals surface area (Å²) in [7, 11) is 0. The van der Waals surface area contributed by atoms with Gasteiger partial charge in [-0.25, -0.2) is 0 Å². The van der Waals surface area contributed by atoms with E-state index in [9.17, 15) is 0 Å². The first-order valence-electron chi connectivity index (χ1n) is 8.92. The zero-order valence-electron chi connectivity index (χ0n) is 14.7. The van der Waals surface area contributed by atoms with E-state index in [0.717, 1.165) is 12.3 Å². The van der Waals surface area contributed by atoms with Crippen LogP contribution in [-0.2, 0) is 0 Å². The number of nitrogens with one attached hydrogen (secondary N) is 1. The highest BCUT2D eigenvalue weighted by Gasteiger charge is 2.40. The Morgan fingerprint density at radius 2 is 1.67 bits per heavy atom. The molecule has 24 heavy (non-hydrogen) atoms. The van der Waals surface area contributed by atoms with Crippen LogP contribution < -0.4 is 15.0 Å². The van der Waals surface area contributed by atoms with E-state index >= 15 is 0 Å². The molecule has 2 aliphatic carbocycles. The van der Waals surface area contributed by atoms with Crippen molar-refractivity contribution in [3.63, 3.8) is 0 Å². The van der Waals surface area contributed by atoms with E-state index in [4.69, 9.17) is 4.74 Å². The van der Waals surface area contributed by atoms with Crippen molar-refractivity contribution in [2.24, 2.45) is 0 Å². The van der Waals surface area contributed by atoms with Crippen LogP contribution in [0.3, 0.4) is 0 Å². The highest BCUT2D eigenvalue weighted by atomic mass is 35.5. The van der Waals surface area contributed by atoms with E-state index in [-0.39, 0.29) is 30.4 Å². The first kappa shape index (κ1) is 19.7. The molecule has 0 radical (unpaired) electrons. The predicted molar refractivity (Wildman–Crippen MR) is 105 cm³/mol. The van der Waals surface area contributed by atoms with Gasteiger partial charge in [0.15, 0.2) is 0 Å². The Balaban J connectivity index is 0.00000104. The van der Waals surface area contributed by atoms with Gasteiger partial charge in [-0.2, -0.15) is 0 Å². The Labute approximate surface area is 158 Å². The quantitative estimate of drug-likeness (QED) is 0.840. The summed E-state index contributed by atoms with van der Waals surface area (Å²) in [6, 6.07) is 10.1. The second-order valence-corrected chi connectivity index (χ2v) is 7.93. The van der Waals surface area contributed by atoms with Crippen molar-refractivity contribution in [1.82, 2.24) is 5.32 Å². The highest BCUT2D eigenvalue weighted by molar-refractivity contribution is 5.85. The molecule has 2 atom stereocenters. The van der Waals surface area contributed by atoms with Crippen LogP contribution in [0.2, 0.25) is 0 Å². The van der Waals surface area contributed by atoms with Crippen LogP contribution >= 0.6 is 24.8 Å². The van der Waals surface area contributed by atoms with Gasteiger partial charge >= 0.3 is 0 Å². The lowest BCUT2D eigenvalue weighted by atomic mass is 9.83. The number of rotatable bonds is 3. The van der Waals surface area contributed by atoms with Gasteiger partial charge in [-0.05, 0) is 63.8 Å². The topological polar surface area (TPSA) is 24.5 Å². The lowest BCUT2D eigenvalue weighted by molar-refractivity contribution is 0.199. The Morgan fingerprint density at radius 1 is 1.00 bits per heavy atom. The summed E-state index contributed by atoms with van der Waals surface area (Å²) >= 11 is 0. The molecular weight excluding hydrogens is 343 g/mol. The molecule has 2 saturated carbocycles. The predicted octanol–water partition coefficient (Wildman–Crippen LogP) is 4.57. The van der Waals surface area contributed by atoms with Crippen LogP contribution in [0.4, 0.5) is 5.69 Å². The first-order chi connectivity index (χ1) is 10.6. The number of benzene rings is 1. The van der Waals surface area contributed by atoms with Crippen molar-refractivity contribution < 1.29 is 4.74 Å². The normalized spacial score (nSPS) is 28.2. The van der Waals surface area contributed by atoms with Crippen LogP contribution in [0, 0.1) is 0 Å². The molecule has 1 aromatic carbocycles. The summed E-state index contributed by atoms with van der Waals surface area (Å²) in [4.78, 5) is 2.64. The van der Waals surface area contributed by atoms with Gasteiger partial charge < -0.3 is 15.0 Å². The van der Waals surface area contributed by atoms with E-state index < -0.39 is 0 Å². The second-order valence-electron chi connectivity index (χ2n) is 7.93. The van der Waals surface area contributed by atoms with Crippen LogP contribution in [0.5, 0.6) is 5.75 Å². The summed E-state index contributed by atoms with van der Waals surface area (Å²) in [5.41, 5.74) is 1.54. The highest BCUT2D eigenvalue weighted by Crippen LogP contribution is 2.35. The van der Waals surface area contributed by atoms with E-state index in [0.29, 0.717) is 18.2 Å². The number of ether oxygens (including phenoxy) is 1. The lowest BCUT2D eigenvalue weighted by Gasteiger charge is -2.52. The van der Waals surface area contributed by atoms with Gasteiger partial charge in [-0.1, -0.05) is 12.8 Å². The molecule has 0 bridgehead atoms. The van der Waals surface area contributed by atoms with E-state index in [1.54, 1.807) is 0 Å². The minimum absolute atomic E-state index is 0. The standard InChI is InChI=1S/C19H28N2O.2ClH/c1-19(2)13-21(18-6-4-3-5-17(18)20-19)14-7-9-15(10-8-14)22-16-11-12-16;;/h7-10,16-18,20H,3-6,11-13H2,1-2H3;2*1H/t17-,18+;;/m0../s1. The largest absolute Gasteiger partial charge is 0.490 e. The number of halogens is 2. The minimum atomic E-state index is 0. The summed E-state index contributed by atoms with van der Waals surface area (Å²) in [5, 5.41) is 3.87. The molecule has 3 fully saturated rings. The van der Waals surface area contributed by atoms with Gasteiger partial charge in [0, 0.05) is 29.9 Å². The Kier molecular flexibility index (Phi) is 6.33. The zero-order chi connectivity index (χ0) is 15.2. The monoisotopic (exact) mass is 372 g/mol. The van der Waals surface area contributed by atoms with Crippen molar-refractivity contribution in [1.29, 1.82) is 0 Å². The average Bonchev–Trinajstić information content (AvgIpc) is 3.30. The minimum Gasteiger partial charge on any atom is -0.490 e. The summed E-state index contributed by atoms with van der Waals surface area (Å²) in [5.74, 6) is 1.03.